The molecule has 0 saturated carbocycles. The third kappa shape index (κ3) is 3.67. The second-order valence-corrected chi connectivity index (χ2v) is 9.45. The summed E-state index contributed by atoms with van der Waals surface area (Å²) in [5, 5.41) is 4.23. The van der Waals surface area contributed by atoms with Crippen LogP contribution in [0.5, 0.6) is 5.75 Å². The van der Waals surface area contributed by atoms with Crippen molar-refractivity contribution in [3.63, 3.8) is 0 Å². The molecule has 1 saturated heterocycles. The minimum absolute atomic E-state index is 0.230. The average Bonchev–Trinajstić information content (AvgIpc) is 3.23. The molecule has 28 heavy (non-hydrogen) atoms. The highest BCUT2D eigenvalue weighted by atomic mass is 32.2. The van der Waals surface area contributed by atoms with Gasteiger partial charge in [0.05, 0.1) is 19.3 Å². The number of aromatic nitrogens is 2. The number of fused-ring (bicyclic) bond motifs is 1. The van der Waals surface area contributed by atoms with Gasteiger partial charge in [-0.3, -0.25) is 9.58 Å². The molecule has 0 radical (unpaired) electrons. The molecule has 2 aliphatic rings. The largest absolute Gasteiger partial charge is 0.483 e. The number of methoxy groups -OCH3 is 1. The lowest BCUT2D eigenvalue weighted by Gasteiger charge is -2.32. The molecule has 0 aliphatic carbocycles. The van der Waals surface area contributed by atoms with Crippen molar-refractivity contribution in [2.24, 2.45) is 7.05 Å². The Balaban J connectivity index is 1.62. The Labute approximate surface area is 165 Å². The maximum absolute atomic E-state index is 13.2. The normalized spacial score (nSPS) is 24.8. The van der Waals surface area contributed by atoms with Gasteiger partial charge in [0.2, 0.25) is 10.0 Å². The first kappa shape index (κ1) is 19.4. The van der Waals surface area contributed by atoms with E-state index in [-0.39, 0.29) is 4.90 Å². The molecular formula is C19H26N4O4S. The summed E-state index contributed by atoms with van der Waals surface area (Å²) in [6.07, 6.45) is 4.63. The summed E-state index contributed by atoms with van der Waals surface area (Å²) in [6.45, 7) is 3.24. The highest BCUT2D eigenvalue weighted by molar-refractivity contribution is 7.89. The maximum atomic E-state index is 13.2. The number of hydrogen-bond donors (Lipinski definition) is 0. The minimum atomic E-state index is -3.63. The lowest BCUT2D eigenvalue weighted by Crippen LogP contribution is -2.49. The Morgan fingerprint density at radius 2 is 2.11 bits per heavy atom. The van der Waals surface area contributed by atoms with Crippen molar-refractivity contribution in [2.45, 2.75) is 23.5 Å². The third-order valence-electron chi connectivity index (χ3n) is 5.36. The maximum Gasteiger partial charge on any atom is 0.246 e. The van der Waals surface area contributed by atoms with Gasteiger partial charge in [-0.05, 0) is 12.1 Å². The molecular weight excluding hydrogens is 380 g/mol. The van der Waals surface area contributed by atoms with E-state index in [2.05, 4.69) is 10.00 Å². The molecule has 152 valence electrons. The molecule has 1 aromatic heterocycles. The zero-order valence-corrected chi connectivity index (χ0v) is 17.1. The van der Waals surface area contributed by atoms with Crippen molar-refractivity contribution in [1.29, 1.82) is 0 Å². The molecule has 1 atom stereocenters. The summed E-state index contributed by atoms with van der Waals surface area (Å²) in [7, 11) is -0.151. The molecule has 1 fully saturated rings. The van der Waals surface area contributed by atoms with Gasteiger partial charge in [0.1, 0.15) is 16.2 Å². The first-order valence-electron chi connectivity index (χ1n) is 9.39. The van der Waals surface area contributed by atoms with Crippen LogP contribution in [0.4, 0.5) is 0 Å². The van der Waals surface area contributed by atoms with Gasteiger partial charge in [0, 0.05) is 58.5 Å². The molecule has 1 aromatic carbocycles. The number of benzene rings is 1. The first-order chi connectivity index (χ1) is 13.4. The number of aryl methyl sites for hydroxylation is 1. The number of hydrogen-bond acceptors (Lipinski definition) is 6. The minimum Gasteiger partial charge on any atom is -0.483 e. The van der Waals surface area contributed by atoms with Crippen LogP contribution < -0.4 is 4.74 Å². The van der Waals surface area contributed by atoms with Crippen molar-refractivity contribution in [3.8, 4) is 5.75 Å². The molecule has 0 N–H and O–H groups in total. The van der Waals surface area contributed by atoms with Crippen molar-refractivity contribution in [2.75, 3.05) is 39.9 Å². The van der Waals surface area contributed by atoms with E-state index in [1.54, 1.807) is 30.0 Å². The SMILES string of the molecule is COCCN1C[C@@]2(CCN(Cc3cnn(C)c3)C2)Oc2ccccc2S1(=O)=O. The molecule has 9 heteroatoms. The van der Waals surface area contributed by atoms with Crippen LogP contribution >= 0.6 is 0 Å². The van der Waals surface area contributed by atoms with Crippen LogP contribution in [0, 0.1) is 0 Å². The van der Waals surface area contributed by atoms with Crippen LogP contribution in [0.15, 0.2) is 41.6 Å². The quantitative estimate of drug-likeness (QED) is 0.740. The summed E-state index contributed by atoms with van der Waals surface area (Å²) < 4.78 is 41.3. The summed E-state index contributed by atoms with van der Waals surface area (Å²) in [6, 6.07) is 6.91. The summed E-state index contributed by atoms with van der Waals surface area (Å²) in [4.78, 5) is 2.53. The molecule has 3 heterocycles. The Hall–Kier alpha value is -1.94. The van der Waals surface area contributed by atoms with Gasteiger partial charge in [-0.15, -0.1) is 0 Å². The van der Waals surface area contributed by atoms with E-state index >= 15 is 0 Å². The van der Waals surface area contributed by atoms with Crippen molar-refractivity contribution >= 4 is 10.0 Å². The molecule has 4 rings (SSSR count). The van der Waals surface area contributed by atoms with Gasteiger partial charge in [0.25, 0.3) is 0 Å². The van der Waals surface area contributed by atoms with E-state index in [1.165, 1.54) is 4.31 Å². The zero-order chi connectivity index (χ0) is 19.8. The van der Waals surface area contributed by atoms with Crippen LogP contribution in [0.25, 0.3) is 0 Å². The van der Waals surface area contributed by atoms with E-state index in [4.69, 9.17) is 9.47 Å². The fraction of sp³-hybridized carbons (Fsp3) is 0.526. The van der Waals surface area contributed by atoms with Crippen LogP contribution in [-0.2, 0) is 28.4 Å². The Bertz CT molecular complexity index is 945. The molecule has 0 amide bonds. The van der Waals surface area contributed by atoms with Gasteiger partial charge >= 0.3 is 0 Å². The molecule has 1 spiro atoms. The Kier molecular flexibility index (Phi) is 5.17. The van der Waals surface area contributed by atoms with Gasteiger partial charge < -0.3 is 9.47 Å². The standard InChI is InChI=1S/C19H26N4O4S/c1-21-12-16(11-20-21)13-22-8-7-19(14-22)15-23(9-10-26-2)28(24,25)18-6-4-3-5-17(18)27-19/h3-6,11-12H,7-10,13-15H2,1-2H3/t19-/m0/s1. The van der Waals surface area contributed by atoms with E-state index in [1.807, 2.05) is 25.5 Å². The van der Waals surface area contributed by atoms with Gasteiger partial charge in [-0.2, -0.15) is 9.40 Å². The summed E-state index contributed by atoms with van der Waals surface area (Å²) in [5.41, 5.74) is 0.563. The lowest BCUT2D eigenvalue weighted by atomic mass is 10.0. The highest BCUT2D eigenvalue weighted by Crippen LogP contribution is 2.38. The molecule has 0 unspecified atom stereocenters. The smallest absolute Gasteiger partial charge is 0.246 e. The summed E-state index contributed by atoms with van der Waals surface area (Å²) >= 11 is 0. The second kappa shape index (κ2) is 7.47. The monoisotopic (exact) mass is 406 g/mol. The molecule has 2 aromatic rings. The van der Waals surface area contributed by atoms with Crippen LogP contribution in [0.2, 0.25) is 0 Å². The van der Waals surface area contributed by atoms with Crippen molar-refractivity contribution < 1.29 is 17.9 Å². The number of sulfonamides is 1. The van der Waals surface area contributed by atoms with Crippen LogP contribution in [0.1, 0.15) is 12.0 Å². The van der Waals surface area contributed by atoms with E-state index in [0.29, 0.717) is 32.0 Å². The zero-order valence-electron chi connectivity index (χ0n) is 16.2. The third-order valence-corrected chi connectivity index (χ3v) is 7.25. The van der Waals surface area contributed by atoms with Crippen LogP contribution in [0.3, 0.4) is 0 Å². The lowest BCUT2D eigenvalue weighted by molar-refractivity contribution is 0.0533. The van der Waals surface area contributed by atoms with Gasteiger partial charge in [-0.1, -0.05) is 12.1 Å². The second-order valence-electron chi connectivity index (χ2n) is 7.55. The summed E-state index contributed by atoms with van der Waals surface area (Å²) in [5.74, 6) is 0.436. The number of likely N-dealkylation sites (tertiary alicyclic amines) is 1. The average molecular weight is 407 g/mol. The fourth-order valence-electron chi connectivity index (χ4n) is 4.04. The number of rotatable bonds is 5. The van der Waals surface area contributed by atoms with E-state index in [9.17, 15) is 8.42 Å². The predicted molar refractivity (Wildman–Crippen MR) is 104 cm³/mol. The molecule has 2 aliphatic heterocycles. The van der Waals surface area contributed by atoms with Gasteiger partial charge in [0.15, 0.2) is 0 Å². The van der Waals surface area contributed by atoms with Gasteiger partial charge in [-0.25, -0.2) is 8.42 Å². The first-order valence-corrected chi connectivity index (χ1v) is 10.8. The van der Waals surface area contributed by atoms with Crippen molar-refractivity contribution in [3.05, 3.63) is 42.2 Å². The van der Waals surface area contributed by atoms with E-state index < -0.39 is 15.6 Å². The van der Waals surface area contributed by atoms with Crippen molar-refractivity contribution in [1.82, 2.24) is 19.0 Å². The Morgan fingerprint density at radius 1 is 1.29 bits per heavy atom. The fourth-order valence-corrected chi connectivity index (χ4v) is 5.65. The molecule has 0 bridgehead atoms. The van der Waals surface area contributed by atoms with Crippen LogP contribution in [-0.4, -0.2) is 72.9 Å². The number of nitrogens with zero attached hydrogens (tertiary/aromatic N) is 4. The Morgan fingerprint density at radius 3 is 2.86 bits per heavy atom. The topological polar surface area (TPSA) is 76.9 Å². The van der Waals surface area contributed by atoms with E-state index in [0.717, 1.165) is 25.1 Å². The number of para-hydroxylation sites is 1. The highest BCUT2D eigenvalue weighted by Gasteiger charge is 2.47. The number of ether oxygens (including phenoxy) is 2. The predicted octanol–water partition coefficient (Wildman–Crippen LogP) is 1.09. The molecule has 8 nitrogen and oxygen atoms in total.